The maximum atomic E-state index is 12.4. The summed E-state index contributed by atoms with van der Waals surface area (Å²) in [7, 11) is -3.10. The molecule has 0 aliphatic heterocycles. The molecule has 0 amide bonds. The second kappa shape index (κ2) is 7.63. The largest absolute Gasteiger partial charge is 0.214 e. The van der Waals surface area contributed by atoms with Crippen molar-refractivity contribution in [2.45, 2.75) is 61.3 Å². The normalized spacial score (nSPS) is 13.8. The fourth-order valence-electron chi connectivity index (χ4n) is 1.73. The molecule has 0 aromatic rings. The summed E-state index contributed by atoms with van der Waals surface area (Å²) in [6.45, 7) is 16.0. The van der Waals surface area contributed by atoms with Crippen LogP contribution in [0.3, 0.4) is 0 Å². The number of hydrogen-bond acceptors (Lipinski definition) is 2. The Labute approximate surface area is 120 Å². The molecular formula is C15H33NO2S. The zero-order valence-corrected chi connectivity index (χ0v) is 14.7. The van der Waals surface area contributed by atoms with Crippen LogP contribution in [0, 0.1) is 17.3 Å². The first-order chi connectivity index (χ1) is 8.44. The van der Waals surface area contributed by atoms with Gasteiger partial charge in [0.15, 0.2) is 0 Å². The molecule has 116 valence electrons. The van der Waals surface area contributed by atoms with Gasteiger partial charge in [-0.1, -0.05) is 48.5 Å². The summed E-state index contributed by atoms with van der Waals surface area (Å²) < 4.78 is 26.5. The van der Waals surface area contributed by atoms with Crippen molar-refractivity contribution < 1.29 is 8.42 Å². The van der Waals surface area contributed by atoms with Crippen molar-refractivity contribution in [2.24, 2.45) is 17.3 Å². The molecule has 0 aliphatic rings. The van der Waals surface area contributed by atoms with Crippen LogP contribution in [-0.4, -0.2) is 31.6 Å². The molecule has 0 aromatic carbocycles. The van der Waals surface area contributed by atoms with E-state index in [4.69, 9.17) is 0 Å². The van der Waals surface area contributed by atoms with Crippen molar-refractivity contribution in [3.05, 3.63) is 0 Å². The van der Waals surface area contributed by atoms with E-state index in [0.29, 0.717) is 24.9 Å². The highest BCUT2D eigenvalue weighted by atomic mass is 32.2. The molecule has 0 saturated heterocycles. The van der Waals surface area contributed by atoms with E-state index in [1.165, 1.54) is 0 Å². The fourth-order valence-corrected chi connectivity index (χ4v) is 3.65. The summed E-state index contributed by atoms with van der Waals surface area (Å²) in [6.07, 6.45) is 1.65. The van der Waals surface area contributed by atoms with E-state index in [1.807, 2.05) is 0 Å². The van der Waals surface area contributed by atoms with Crippen LogP contribution >= 0.6 is 0 Å². The standard InChI is InChI=1S/C15H33NO2S/c1-13(2)8-11-19(17,18)16(12-14(3)4)10-9-15(5,6)7/h13-14H,8-12H2,1-7H3. The zero-order chi connectivity index (χ0) is 15.3. The number of sulfonamides is 1. The van der Waals surface area contributed by atoms with Gasteiger partial charge in [-0.2, -0.15) is 0 Å². The maximum absolute atomic E-state index is 12.4. The quantitative estimate of drug-likeness (QED) is 0.683. The Morgan fingerprint density at radius 3 is 1.89 bits per heavy atom. The topological polar surface area (TPSA) is 37.4 Å². The smallest absolute Gasteiger partial charge is 0.212 e. The fraction of sp³-hybridized carbons (Fsp3) is 1.00. The Balaban J connectivity index is 4.72. The van der Waals surface area contributed by atoms with E-state index in [0.717, 1.165) is 12.8 Å². The van der Waals surface area contributed by atoms with Crippen LogP contribution in [0.5, 0.6) is 0 Å². The second-order valence-corrected chi connectivity index (χ2v) is 9.65. The maximum Gasteiger partial charge on any atom is 0.214 e. The van der Waals surface area contributed by atoms with Crippen LogP contribution in [0.25, 0.3) is 0 Å². The molecule has 0 spiro atoms. The lowest BCUT2D eigenvalue weighted by Crippen LogP contribution is -2.38. The second-order valence-electron chi connectivity index (χ2n) is 7.56. The van der Waals surface area contributed by atoms with Gasteiger partial charge in [0.2, 0.25) is 10.0 Å². The average Bonchev–Trinajstić information content (AvgIpc) is 2.19. The highest BCUT2D eigenvalue weighted by molar-refractivity contribution is 7.89. The molecule has 0 rings (SSSR count). The summed E-state index contributed by atoms with van der Waals surface area (Å²) in [5.74, 6) is 1.08. The first kappa shape index (κ1) is 18.9. The highest BCUT2D eigenvalue weighted by Gasteiger charge is 2.24. The van der Waals surface area contributed by atoms with E-state index < -0.39 is 10.0 Å². The lowest BCUT2D eigenvalue weighted by Gasteiger charge is -2.28. The summed E-state index contributed by atoms with van der Waals surface area (Å²) >= 11 is 0. The minimum absolute atomic E-state index is 0.169. The molecule has 0 radical (unpaired) electrons. The van der Waals surface area contributed by atoms with Crippen molar-refractivity contribution >= 4 is 10.0 Å². The Bertz CT molecular complexity index is 340. The summed E-state index contributed by atoms with van der Waals surface area (Å²) in [4.78, 5) is 0. The zero-order valence-electron chi connectivity index (χ0n) is 13.9. The summed E-state index contributed by atoms with van der Waals surface area (Å²) in [5.41, 5.74) is 0.169. The molecule has 0 bridgehead atoms. The Morgan fingerprint density at radius 1 is 1.00 bits per heavy atom. The molecule has 19 heavy (non-hydrogen) atoms. The number of nitrogens with zero attached hydrogens (tertiary/aromatic N) is 1. The van der Waals surface area contributed by atoms with Gasteiger partial charge in [0, 0.05) is 13.1 Å². The Hall–Kier alpha value is -0.0900. The minimum Gasteiger partial charge on any atom is -0.212 e. The molecule has 0 aromatic heterocycles. The van der Waals surface area contributed by atoms with Gasteiger partial charge in [-0.15, -0.1) is 0 Å². The number of hydrogen-bond donors (Lipinski definition) is 0. The molecule has 3 nitrogen and oxygen atoms in total. The van der Waals surface area contributed by atoms with Gasteiger partial charge in [0.25, 0.3) is 0 Å². The van der Waals surface area contributed by atoms with Crippen molar-refractivity contribution in [3.8, 4) is 0 Å². The van der Waals surface area contributed by atoms with Crippen molar-refractivity contribution in [3.63, 3.8) is 0 Å². The Morgan fingerprint density at radius 2 is 1.53 bits per heavy atom. The molecular weight excluding hydrogens is 258 g/mol. The van der Waals surface area contributed by atoms with Crippen molar-refractivity contribution in [2.75, 3.05) is 18.8 Å². The summed E-state index contributed by atoms with van der Waals surface area (Å²) in [5, 5.41) is 0. The number of rotatable bonds is 8. The molecule has 0 atom stereocenters. The lowest BCUT2D eigenvalue weighted by molar-refractivity contribution is 0.293. The van der Waals surface area contributed by atoms with Crippen LogP contribution in [-0.2, 0) is 10.0 Å². The van der Waals surface area contributed by atoms with Gasteiger partial charge in [0.1, 0.15) is 0 Å². The predicted octanol–water partition coefficient (Wildman–Crippen LogP) is 3.76. The van der Waals surface area contributed by atoms with E-state index >= 15 is 0 Å². The predicted molar refractivity (Wildman–Crippen MR) is 83.7 cm³/mol. The van der Waals surface area contributed by atoms with Crippen molar-refractivity contribution in [1.29, 1.82) is 0 Å². The third-order valence-electron chi connectivity index (χ3n) is 3.03. The van der Waals surface area contributed by atoms with Gasteiger partial charge >= 0.3 is 0 Å². The average molecular weight is 292 g/mol. The molecule has 0 unspecified atom stereocenters. The first-order valence-electron chi connectivity index (χ1n) is 7.42. The third-order valence-corrected chi connectivity index (χ3v) is 4.90. The van der Waals surface area contributed by atoms with E-state index in [1.54, 1.807) is 4.31 Å². The van der Waals surface area contributed by atoms with E-state index in [9.17, 15) is 8.42 Å². The van der Waals surface area contributed by atoms with Crippen LogP contribution < -0.4 is 0 Å². The third kappa shape index (κ3) is 9.44. The van der Waals surface area contributed by atoms with Gasteiger partial charge in [-0.3, -0.25) is 0 Å². The van der Waals surface area contributed by atoms with Gasteiger partial charge in [0.05, 0.1) is 5.75 Å². The SMILES string of the molecule is CC(C)CCS(=O)(=O)N(CCC(C)(C)C)CC(C)C. The molecule has 4 heteroatoms. The van der Waals surface area contributed by atoms with Crippen molar-refractivity contribution in [1.82, 2.24) is 4.31 Å². The molecule has 0 saturated carbocycles. The van der Waals surface area contributed by atoms with Gasteiger partial charge in [-0.25, -0.2) is 12.7 Å². The Kier molecular flexibility index (Phi) is 7.59. The van der Waals surface area contributed by atoms with Crippen LogP contribution in [0.4, 0.5) is 0 Å². The first-order valence-corrected chi connectivity index (χ1v) is 9.03. The molecule has 0 fully saturated rings. The highest BCUT2D eigenvalue weighted by Crippen LogP contribution is 2.21. The van der Waals surface area contributed by atoms with Crippen LogP contribution in [0.2, 0.25) is 0 Å². The van der Waals surface area contributed by atoms with E-state index in [2.05, 4.69) is 48.5 Å². The van der Waals surface area contributed by atoms with Gasteiger partial charge < -0.3 is 0 Å². The van der Waals surface area contributed by atoms with Crippen LogP contribution in [0.15, 0.2) is 0 Å². The summed E-state index contributed by atoms with van der Waals surface area (Å²) in [6, 6.07) is 0. The van der Waals surface area contributed by atoms with E-state index in [-0.39, 0.29) is 11.2 Å². The molecule has 0 aliphatic carbocycles. The molecule has 0 N–H and O–H groups in total. The lowest BCUT2D eigenvalue weighted by atomic mass is 9.92. The van der Waals surface area contributed by atoms with Crippen LogP contribution in [0.1, 0.15) is 61.3 Å². The van der Waals surface area contributed by atoms with Gasteiger partial charge in [-0.05, 0) is 30.1 Å². The minimum atomic E-state index is -3.10. The monoisotopic (exact) mass is 291 g/mol. The molecule has 0 heterocycles.